The Labute approximate surface area is 160 Å². The standard InChI is InChI=1S/C22H25N3O2/c26-21(12-15-24-14-11-17-4-1-2-5-18(17)16-24)23-19-7-9-20(10-8-19)25-13-3-6-22(25)27/h1-2,4-5,7-10H,3,6,11-16H2,(H,23,26). The molecule has 0 bridgehead atoms. The first-order chi connectivity index (χ1) is 13.2. The summed E-state index contributed by atoms with van der Waals surface area (Å²) in [5, 5.41) is 2.96. The lowest BCUT2D eigenvalue weighted by molar-refractivity contribution is -0.117. The summed E-state index contributed by atoms with van der Waals surface area (Å²) in [4.78, 5) is 28.2. The molecule has 2 amide bonds. The fourth-order valence-electron chi connectivity index (χ4n) is 3.87. The molecule has 0 aromatic heterocycles. The van der Waals surface area contributed by atoms with Gasteiger partial charge in [0.25, 0.3) is 0 Å². The first-order valence-electron chi connectivity index (χ1n) is 9.68. The maximum atomic E-state index is 12.3. The lowest BCUT2D eigenvalue weighted by Gasteiger charge is -2.28. The Kier molecular flexibility index (Phi) is 5.21. The van der Waals surface area contributed by atoms with Crippen molar-refractivity contribution in [1.82, 2.24) is 4.90 Å². The second-order valence-electron chi connectivity index (χ2n) is 7.29. The minimum Gasteiger partial charge on any atom is -0.326 e. The van der Waals surface area contributed by atoms with Crippen LogP contribution in [0.1, 0.15) is 30.4 Å². The van der Waals surface area contributed by atoms with Gasteiger partial charge < -0.3 is 10.2 Å². The van der Waals surface area contributed by atoms with Crippen molar-refractivity contribution in [3.63, 3.8) is 0 Å². The first kappa shape index (κ1) is 17.7. The molecule has 140 valence electrons. The van der Waals surface area contributed by atoms with Gasteiger partial charge in [-0.25, -0.2) is 0 Å². The number of carbonyl (C=O) groups is 2. The largest absolute Gasteiger partial charge is 0.326 e. The topological polar surface area (TPSA) is 52.7 Å². The van der Waals surface area contributed by atoms with Crippen LogP contribution < -0.4 is 10.2 Å². The van der Waals surface area contributed by atoms with E-state index in [0.29, 0.717) is 12.8 Å². The van der Waals surface area contributed by atoms with Crippen molar-refractivity contribution in [2.45, 2.75) is 32.2 Å². The van der Waals surface area contributed by atoms with E-state index in [4.69, 9.17) is 0 Å². The van der Waals surface area contributed by atoms with Crippen molar-refractivity contribution in [3.05, 3.63) is 59.7 Å². The predicted molar refractivity (Wildman–Crippen MR) is 107 cm³/mol. The SMILES string of the molecule is O=C(CCN1CCc2ccccc2C1)Nc1ccc(N2CCCC2=O)cc1. The molecule has 1 fully saturated rings. The van der Waals surface area contributed by atoms with Crippen LogP contribution in [0.25, 0.3) is 0 Å². The Morgan fingerprint density at radius 2 is 1.74 bits per heavy atom. The Morgan fingerprint density at radius 1 is 0.963 bits per heavy atom. The second-order valence-corrected chi connectivity index (χ2v) is 7.29. The highest BCUT2D eigenvalue weighted by Gasteiger charge is 2.21. The van der Waals surface area contributed by atoms with Crippen LogP contribution in [0.5, 0.6) is 0 Å². The fourth-order valence-corrected chi connectivity index (χ4v) is 3.87. The predicted octanol–water partition coefficient (Wildman–Crippen LogP) is 3.20. The minimum atomic E-state index is 0.0267. The number of anilines is 2. The van der Waals surface area contributed by atoms with Crippen LogP contribution in [0.15, 0.2) is 48.5 Å². The van der Waals surface area contributed by atoms with Crippen molar-refractivity contribution in [1.29, 1.82) is 0 Å². The molecule has 0 spiro atoms. The number of hydrogen-bond donors (Lipinski definition) is 1. The van der Waals surface area contributed by atoms with E-state index in [0.717, 1.165) is 50.4 Å². The summed E-state index contributed by atoms with van der Waals surface area (Å²) in [6.45, 7) is 3.47. The van der Waals surface area contributed by atoms with Gasteiger partial charge in [0.05, 0.1) is 0 Å². The summed E-state index contributed by atoms with van der Waals surface area (Å²) >= 11 is 0. The number of benzene rings is 2. The quantitative estimate of drug-likeness (QED) is 0.888. The monoisotopic (exact) mass is 363 g/mol. The molecule has 2 aliphatic rings. The molecule has 0 aliphatic carbocycles. The fraction of sp³-hybridized carbons (Fsp3) is 0.364. The zero-order chi connectivity index (χ0) is 18.6. The molecule has 0 saturated carbocycles. The number of rotatable bonds is 5. The first-order valence-corrected chi connectivity index (χ1v) is 9.68. The number of carbonyl (C=O) groups excluding carboxylic acids is 2. The number of nitrogens with one attached hydrogen (secondary N) is 1. The van der Waals surface area contributed by atoms with Gasteiger partial charge in [0.2, 0.25) is 11.8 Å². The van der Waals surface area contributed by atoms with Crippen LogP contribution in [0.3, 0.4) is 0 Å². The van der Waals surface area contributed by atoms with Crippen LogP contribution in [0, 0.1) is 0 Å². The van der Waals surface area contributed by atoms with Gasteiger partial charge in [0.15, 0.2) is 0 Å². The average molecular weight is 363 g/mol. The highest BCUT2D eigenvalue weighted by molar-refractivity contribution is 5.96. The third kappa shape index (κ3) is 4.19. The van der Waals surface area contributed by atoms with Crippen LogP contribution in [0.2, 0.25) is 0 Å². The van der Waals surface area contributed by atoms with E-state index in [-0.39, 0.29) is 11.8 Å². The second kappa shape index (κ2) is 7.92. The Hall–Kier alpha value is -2.66. The average Bonchev–Trinajstić information content (AvgIpc) is 3.13. The van der Waals surface area contributed by atoms with E-state index in [9.17, 15) is 9.59 Å². The van der Waals surface area contributed by atoms with Gasteiger partial charge in [0.1, 0.15) is 0 Å². The lowest BCUT2D eigenvalue weighted by Crippen LogP contribution is -2.33. The molecule has 27 heavy (non-hydrogen) atoms. The molecule has 5 nitrogen and oxygen atoms in total. The van der Waals surface area contributed by atoms with E-state index >= 15 is 0 Å². The van der Waals surface area contributed by atoms with Crippen molar-refractivity contribution in [2.24, 2.45) is 0 Å². The molecule has 2 aromatic rings. The highest BCUT2D eigenvalue weighted by atomic mass is 16.2. The summed E-state index contributed by atoms with van der Waals surface area (Å²) in [7, 11) is 0. The van der Waals surface area contributed by atoms with Crippen LogP contribution in [0.4, 0.5) is 11.4 Å². The Balaban J connectivity index is 1.27. The van der Waals surface area contributed by atoms with E-state index < -0.39 is 0 Å². The third-order valence-corrected chi connectivity index (χ3v) is 5.40. The van der Waals surface area contributed by atoms with Gasteiger partial charge in [-0.3, -0.25) is 14.5 Å². The normalized spacial score (nSPS) is 17.0. The van der Waals surface area contributed by atoms with Gasteiger partial charge in [0, 0.05) is 50.4 Å². The van der Waals surface area contributed by atoms with Crippen molar-refractivity contribution in [2.75, 3.05) is 29.9 Å². The number of nitrogens with zero attached hydrogens (tertiary/aromatic N) is 2. The lowest BCUT2D eigenvalue weighted by atomic mass is 10.00. The molecule has 0 atom stereocenters. The number of hydrogen-bond acceptors (Lipinski definition) is 3. The van der Waals surface area contributed by atoms with Crippen molar-refractivity contribution < 1.29 is 9.59 Å². The van der Waals surface area contributed by atoms with Crippen molar-refractivity contribution in [3.8, 4) is 0 Å². The third-order valence-electron chi connectivity index (χ3n) is 5.40. The molecule has 2 aliphatic heterocycles. The van der Waals surface area contributed by atoms with E-state index in [1.807, 2.05) is 24.3 Å². The highest BCUT2D eigenvalue weighted by Crippen LogP contribution is 2.23. The molecule has 2 aromatic carbocycles. The number of fused-ring (bicyclic) bond motifs is 1. The molecule has 4 rings (SSSR count). The minimum absolute atomic E-state index is 0.0267. The van der Waals surface area contributed by atoms with E-state index in [1.165, 1.54) is 11.1 Å². The maximum absolute atomic E-state index is 12.3. The summed E-state index contributed by atoms with van der Waals surface area (Å²) < 4.78 is 0. The molecule has 1 saturated heterocycles. The Bertz CT molecular complexity index is 832. The van der Waals surface area contributed by atoms with Gasteiger partial charge in [-0.1, -0.05) is 24.3 Å². The van der Waals surface area contributed by atoms with Crippen LogP contribution in [-0.4, -0.2) is 36.3 Å². The van der Waals surface area contributed by atoms with Crippen LogP contribution >= 0.6 is 0 Å². The van der Waals surface area contributed by atoms with Crippen molar-refractivity contribution >= 4 is 23.2 Å². The van der Waals surface area contributed by atoms with Gasteiger partial charge in [-0.05, 0) is 48.2 Å². The molecule has 0 unspecified atom stereocenters. The van der Waals surface area contributed by atoms with Gasteiger partial charge in [-0.2, -0.15) is 0 Å². The molecule has 2 heterocycles. The molecular formula is C22H25N3O2. The summed E-state index contributed by atoms with van der Waals surface area (Å²) in [5.74, 6) is 0.203. The van der Waals surface area contributed by atoms with Crippen LogP contribution in [-0.2, 0) is 22.6 Å². The van der Waals surface area contributed by atoms with E-state index in [1.54, 1.807) is 4.90 Å². The zero-order valence-corrected chi connectivity index (χ0v) is 15.5. The molecule has 5 heteroatoms. The van der Waals surface area contributed by atoms with Gasteiger partial charge >= 0.3 is 0 Å². The molecular weight excluding hydrogens is 338 g/mol. The summed E-state index contributed by atoms with van der Waals surface area (Å²) in [6, 6.07) is 16.1. The maximum Gasteiger partial charge on any atom is 0.227 e. The van der Waals surface area contributed by atoms with E-state index in [2.05, 4.69) is 34.5 Å². The summed E-state index contributed by atoms with van der Waals surface area (Å²) in [6.07, 6.45) is 3.07. The zero-order valence-electron chi connectivity index (χ0n) is 15.5. The summed E-state index contributed by atoms with van der Waals surface area (Å²) in [5.41, 5.74) is 4.48. The Morgan fingerprint density at radius 3 is 2.48 bits per heavy atom. The van der Waals surface area contributed by atoms with Gasteiger partial charge in [-0.15, -0.1) is 0 Å². The smallest absolute Gasteiger partial charge is 0.227 e. The molecule has 1 N–H and O–H groups in total. The molecule has 0 radical (unpaired) electrons. The number of amides is 2.